The van der Waals surface area contributed by atoms with Crippen LogP contribution in [0.3, 0.4) is 0 Å². The Kier molecular flexibility index (Phi) is 7.60. The van der Waals surface area contributed by atoms with E-state index in [9.17, 15) is 4.79 Å². The highest BCUT2D eigenvalue weighted by molar-refractivity contribution is 5.81. The number of guanidine groups is 1. The maximum atomic E-state index is 12.0. The van der Waals surface area contributed by atoms with Crippen molar-refractivity contribution in [3.8, 4) is 11.5 Å². The number of benzene rings is 2. The maximum Gasteiger partial charge on any atom is 0.226 e. The highest BCUT2D eigenvalue weighted by Crippen LogP contribution is 2.18. The number of carbonyl (C=O) groups is 1. The number of rotatable bonds is 8. The molecule has 3 N–H and O–H groups in total. The zero-order chi connectivity index (χ0) is 21.2. The number of oxazole rings is 1. The zero-order valence-electron chi connectivity index (χ0n) is 17.3. The van der Waals surface area contributed by atoms with Crippen LogP contribution in [0.15, 0.2) is 70.3 Å². The second-order valence-corrected chi connectivity index (χ2v) is 6.87. The molecule has 0 bridgehead atoms. The standard InChI is InChI=1S/C23H27N5O2/c1-17-8-10-19(11-9-17)22-28-20(16-30-22)15-27-23(24-2)25-13-12-21(29)26-14-18-6-4-3-5-7-18/h3-11,16H,12-15H2,1-2H3,(H,26,29)(H2,24,25,27). The molecule has 30 heavy (non-hydrogen) atoms. The first kappa shape index (κ1) is 21.1. The van der Waals surface area contributed by atoms with E-state index in [2.05, 4.69) is 25.9 Å². The molecule has 156 valence electrons. The summed E-state index contributed by atoms with van der Waals surface area (Å²) in [7, 11) is 1.69. The Morgan fingerprint density at radius 3 is 2.50 bits per heavy atom. The summed E-state index contributed by atoms with van der Waals surface area (Å²) in [4.78, 5) is 20.7. The van der Waals surface area contributed by atoms with Crippen molar-refractivity contribution in [3.05, 3.63) is 77.7 Å². The molecule has 1 heterocycles. The minimum atomic E-state index is -0.0129. The van der Waals surface area contributed by atoms with Crippen molar-refractivity contribution in [1.29, 1.82) is 0 Å². The molecule has 3 aromatic rings. The fourth-order valence-electron chi connectivity index (χ4n) is 2.79. The Morgan fingerprint density at radius 1 is 1.00 bits per heavy atom. The van der Waals surface area contributed by atoms with E-state index < -0.39 is 0 Å². The quantitative estimate of drug-likeness (QED) is 0.396. The minimum Gasteiger partial charge on any atom is -0.444 e. The molecule has 0 aliphatic rings. The van der Waals surface area contributed by atoms with Gasteiger partial charge in [0.05, 0.1) is 12.2 Å². The van der Waals surface area contributed by atoms with E-state index in [0.29, 0.717) is 37.9 Å². The Hall–Kier alpha value is -3.61. The lowest BCUT2D eigenvalue weighted by atomic mass is 10.1. The zero-order valence-corrected chi connectivity index (χ0v) is 17.3. The van der Waals surface area contributed by atoms with Gasteiger partial charge in [0.25, 0.3) is 0 Å². The summed E-state index contributed by atoms with van der Waals surface area (Å²) in [6, 6.07) is 17.9. The Morgan fingerprint density at radius 2 is 1.77 bits per heavy atom. The SMILES string of the molecule is CN=C(NCCC(=O)NCc1ccccc1)NCc1coc(-c2ccc(C)cc2)n1. The summed E-state index contributed by atoms with van der Waals surface area (Å²) < 4.78 is 5.57. The highest BCUT2D eigenvalue weighted by Gasteiger charge is 2.08. The molecule has 0 aliphatic carbocycles. The average Bonchev–Trinajstić information content (AvgIpc) is 3.25. The van der Waals surface area contributed by atoms with E-state index in [1.807, 2.05) is 61.5 Å². The number of hydrogen-bond acceptors (Lipinski definition) is 4. The van der Waals surface area contributed by atoms with E-state index in [1.165, 1.54) is 5.56 Å². The topological polar surface area (TPSA) is 91.5 Å². The van der Waals surface area contributed by atoms with Crippen LogP contribution in [0.1, 0.15) is 23.2 Å². The lowest BCUT2D eigenvalue weighted by Gasteiger charge is -2.11. The molecular formula is C23H27N5O2. The second kappa shape index (κ2) is 10.8. The molecule has 3 rings (SSSR count). The number of amides is 1. The van der Waals surface area contributed by atoms with E-state index in [4.69, 9.17) is 4.42 Å². The molecule has 0 unspecified atom stereocenters. The first-order valence-electron chi connectivity index (χ1n) is 9.90. The molecule has 1 aromatic heterocycles. The molecule has 0 saturated heterocycles. The third-order valence-corrected chi connectivity index (χ3v) is 4.49. The van der Waals surface area contributed by atoms with Crippen LogP contribution in [0.4, 0.5) is 0 Å². The lowest BCUT2D eigenvalue weighted by Crippen LogP contribution is -2.38. The third kappa shape index (κ3) is 6.48. The van der Waals surface area contributed by atoms with Gasteiger partial charge in [-0.25, -0.2) is 4.98 Å². The molecule has 7 heteroatoms. The van der Waals surface area contributed by atoms with Crippen molar-refractivity contribution in [3.63, 3.8) is 0 Å². The van der Waals surface area contributed by atoms with Gasteiger partial charge in [0, 0.05) is 32.1 Å². The second-order valence-electron chi connectivity index (χ2n) is 6.87. The van der Waals surface area contributed by atoms with Crippen molar-refractivity contribution in [1.82, 2.24) is 20.9 Å². The smallest absolute Gasteiger partial charge is 0.226 e. The predicted molar refractivity (Wildman–Crippen MR) is 118 cm³/mol. The predicted octanol–water partition coefficient (Wildman–Crippen LogP) is 3.02. The molecule has 0 atom stereocenters. The van der Waals surface area contributed by atoms with Crippen molar-refractivity contribution in [2.45, 2.75) is 26.4 Å². The number of nitrogens with zero attached hydrogens (tertiary/aromatic N) is 2. The first-order valence-corrected chi connectivity index (χ1v) is 9.90. The van der Waals surface area contributed by atoms with Crippen LogP contribution in [0.2, 0.25) is 0 Å². The molecule has 0 aliphatic heterocycles. The van der Waals surface area contributed by atoms with E-state index in [1.54, 1.807) is 13.3 Å². The maximum absolute atomic E-state index is 12.0. The van der Waals surface area contributed by atoms with Crippen LogP contribution in [0, 0.1) is 6.92 Å². The summed E-state index contributed by atoms with van der Waals surface area (Å²) in [6.07, 6.45) is 1.99. The van der Waals surface area contributed by atoms with Gasteiger partial charge in [0.15, 0.2) is 5.96 Å². The van der Waals surface area contributed by atoms with Crippen LogP contribution >= 0.6 is 0 Å². The highest BCUT2D eigenvalue weighted by atomic mass is 16.3. The largest absolute Gasteiger partial charge is 0.444 e. The normalized spacial score (nSPS) is 11.2. The Labute approximate surface area is 176 Å². The number of aliphatic imine (C=N–C) groups is 1. The fraction of sp³-hybridized carbons (Fsp3) is 0.261. The number of carbonyl (C=O) groups excluding carboxylic acids is 1. The van der Waals surface area contributed by atoms with Gasteiger partial charge in [-0.2, -0.15) is 0 Å². The number of aromatic nitrogens is 1. The van der Waals surface area contributed by atoms with Crippen molar-refractivity contribution >= 4 is 11.9 Å². The van der Waals surface area contributed by atoms with Crippen molar-refractivity contribution in [2.75, 3.05) is 13.6 Å². The number of hydrogen-bond donors (Lipinski definition) is 3. The van der Waals surface area contributed by atoms with E-state index in [0.717, 1.165) is 16.8 Å². The van der Waals surface area contributed by atoms with Crippen molar-refractivity contribution in [2.24, 2.45) is 4.99 Å². The Bertz CT molecular complexity index is 965. The first-order chi connectivity index (χ1) is 14.6. The fourth-order valence-corrected chi connectivity index (χ4v) is 2.79. The Balaban J connectivity index is 1.38. The van der Waals surface area contributed by atoms with Gasteiger partial charge in [-0.15, -0.1) is 0 Å². The third-order valence-electron chi connectivity index (χ3n) is 4.49. The van der Waals surface area contributed by atoms with Crippen LogP contribution < -0.4 is 16.0 Å². The van der Waals surface area contributed by atoms with Gasteiger partial charge in [-0.05, 0) is 24.6 Å². The van der Waals surface area contributed by atoms with Gasteiger partial charge in [-0.1, -0.05) is 48.0 Å². The van der Waals surface area contributed by atoms with E-state index in [-0.39, 0.29) is 5.91 Å². The molecule has 2 aromatic carbocycles. The molecule has 0 radical (unpaired) electrons. The summed E-state index contributed by atoms with van der Waals surface area (Å²) in [6.45, 7) is 3.52. The van der Waals surface area contributed by atoms with Gasteiger partial charge >= 0.3 is 0 Å². The molecule has 0 spiro atoms. The molecular weight excluding hydrogens is 378 g/mol. The number of aryl methyl sites for hydroxylation is 1. The molecule has 7 nitrogen and oxygen atoms in total. The van der Waals surface area contributed by atoms with Crippen LogP contribution in [0.5, 0.6) is 0 Å². The number of nitrogens with one attached hydrogen (secondary N) is 3. The summed E-state index contributed by atoms with van der Waals surface area (Å²) in [5.41, 5.74) is 3.98. The lowest BCUT2D eigenvalue weighted by molar-refractivity contribution is -0.121. The average molecular weight is 406 g/mol. The van der Waals surface area contributed by atoms with Crippen LogP contribution in [-0.4, -0.2) is 30.4 Å². The van der Waals surface area contributed by atoms with Gasteiger partial charge in [0.2, 0.25) is 11.8 Å². The summed E-state index contributed by atoms with van der Waals surface area (Å²) in [5, 5.41) is 9.22. The summed E-state index contributed by atoms with van der Waals surface area (Å²) >= 11 is 0. The van der Waals surface area contributed by atoms with Crippen LogP contribution in [-0.2, 0) is 17.9 Å². The minimum absolute atomic E-state index is 0.0129. The van der Waals surface area contributed by atoms with Crippen LogP contribution in [0.25, 0.3) is 11.5 Å². The molecule has 0 fully saturated rings. The van der Waals surface area contributed by atoms with Gasteiger partial charge < -0.3 is 20.4 Å². The summed E-state index contributed by atoms with van der Waals surface area (Å²) in [5.74, 6) is 1.18. The molecule has 0 saturated carbocycles. The van der Waals surface area contributed by atoms with Gasteiger partial charge in [-0.3, -0.25) is 9.79 Å². The van der Waals surface area contributed by atoms with Crippen molar-refractivity contribution < 1.29 is 9.21 Å². The van der Waals surface area contributed by atoms with Gasteiger partial charge in [0.1, 0.15) is 6.26 Å². The van der Waals surface area contributed by atoms with E-state index >= 15 is 0 Å². The molecule has 1 amide bonds. The monoisotopic (exact) mass is 405 g/mol.